The molecule has 2 aromatic carbocycles. The fourth-order valence-corrected chi connectivity index (χ4v) is 2.77. The maximum absolute atomic E-state index is 10.4. The highest BCUT2D eigenvalue weighted by molar-refractivity contribution is 5.93. The third-order valence-electron chi connectivity index (χ3n) is 4.27. The van der Waals surface area contributed by atoms with Crippen molar-refractivity contribution < 1.29 is 24.5 Å². The van der Waals surface area contributed by atoms with Gasteiger partial charge in [0.2, 0.25) is 0 Å². The maximum Gasteiger partial charge on any atom is 0.505 e. The molecule has 0 radical (unpaired) electrons. The normalized spacial score (nSPS) is 11.3. The zero-order chi connectivity index (χ0) is 21.0. The molecule has 3 aromatic rings. The molecule has 3 N–H and O–H groups in total. The summed E-state index contributed by atoms with van der Waals surface area (Å²) >= 11 is 0. The van der Waals surface area contributed by atoms with Crippen LogP contribution >= 0.6 is 0 Å². The van der Waals surface area contributed by atoms with Crippen LogP contribution in [-0.4, -0.2) is 39.6 Å². The molecule has 0 aliphatic carbocycles. The van der Waals surface area contributed by atoms with E-state index in [9.17, 15) is 9.90 Å². The number of hydrogen-bond acceptors (Lipinski definition) is 7. The van der Waals surface area contributed by atoms with Crippen LogP contribution in [0.3, 0.4) is 0 Å². The van der Waals surface area contributed by atoms with E-state index in [4.69, 9.17) is 9.84 Å². The number of nitrogens with zero attached hydrogens (tertiary/aromatic N) is 2. The van der Waals surface area contributed by atoms with Gasteiger partial charge in [-0.15, -0.1) is 0 Å². The van der Waals surface area contributed by atoms with Gasteiger partial charge in [-0.25, -0.2) is 14.8 Å². The van der Waals surface area contributed by atoms with Gasteiger partial charge in [-0.05, 0) is 29.2 Å². The van der Waals surface area contributed by atoms with E-state index in [-0.39, 0.29) is 30.1 Å². The second kappa shape index (κ2) is 8.22. The molecule has 0 amide bonds. The van der Waals surface area contributed by atoms with Gasteiger partial charge in [-0.2, -0.15) is 0 Å². The molecule has 0 saturated heterocycles. The Morgan fingerprint density at radius 2 is 1.93 bits per heavy atom. The molecule has 0 atom stereocenters. The number of anilines is 2. The number of phenolic OH excluding ortho intramolecular Hbond substituents is 1. The fraction of sp³-hybridized carbons (Fsp3) is 0.286. The largest absolute Gasteiger partial charge is 0.505 e. The van der Waals surface area contributed by atoms with Crippen LogP contribution in [0.5, 0.6) is 11.5 Å². The molecular weight excluding hydrogens is 374 g/mol. The maximum atomic E-state index is 10.4. The molecule has 0 fully saturated rings. The molecule has 29 heavy (non-hydrogen) atoms. The standard InChI is InChI=1S/C21H23N3O5/c1-21(2,3)13-5-4-6-14(9-13)24-19-15-10-18(28-7-8-29-20(26)27)17(25)11-16(15)22-12-23-19/h4-6,9-12,25H,7-8H2,1-3H3,(H,26,27)(H,22,23,24). The van der Waals surface area contributed by atoms with Crippen molar-refractivity contribution in [2.45, 2.75) is 26.2 Å². The van der Waals surface area contributed by atoms with Crippen molar-refractivity contribution in [2.75, 3.05) is 18.5 Å². The summed E-state index contributed by atoms with van der Waals surface area (Å²) in [5, 5.41) is 22.6. The van der Waals surface area contributed by atoms with Crippen molar-refractivity contribution in [1.82, 2.24) is 9.97 Å². The van der Waals surface area contributed by atoms with Crippen LogP contribution in [0.2, 0.25) is 0 Å². The van der Waals surface area contributed by atoms with E-state index in [0.717, 1.165) is 5.69 Å². The van der Waals surface area contributed by atoms with E-state index in [0.29, 0.717) is 16.7 Å². The highest BCUT2D eigenvalue weighted by atomic mass is 16.7. The summed E-state index contributed by atoms with van der Waals surface area (Å²) in [7, 11) is 0. The Labute approximate surface area is 168 Å². The Hall–Kier alpha value is -3.55. The third kappa shape index (κ3) is 5.04. The fourth-order valence-electron chi connectivity index (χ4n) is 2.77. The van der Waals surface area contributed by atoms with Crippen LogP contribution < -0.4 is 10.1 Å². The quantitative estimate of drug-likeness (QED) is 0.413. The molecule has 0 unspecified atom stereocenters. The second-order valence-corrected chi connectivity index (χ2v) is 7.48. The van der Waals surface area contributed by atoms with E-state index >= 15 is 0 Å². The number of rotatable bonds is 6. The van der Waals surface area contributed by atoms with Gasteiger partial charge in [0.05, 0.1) is 5.52 Å². The molecule has 152 valence electrons. The predicted octanol–water partition coefficient (Wildman–Crippen LogP) is 4.45. The lowest BCUT2D eigenvalue weighted by Gasteiger charge is -2.20. The monoisotopic (exact) mass is 397 g/mol. The highest BCUT2D eigenvalue weighted by Gasteiger charge is 2.15. The lowest BCUT2D eigenvalue weighted by molar-refractivity contribution is 0.0778. The van der Waals surface area contributed by atoms with Crippen molar-refractivity contribution in [3.8, 4) is 11.5 Å². The molecule has 0 spiro atoms. The topological polar surface area (TPSA) is 114 Å². The zero-order valence-electron chi connectivity index (χ0n) is 16.5. The molecule has 8 heteroatoms. The highest BCUT2D eigenvalue weighted by Crippen LogP contribution is 2.34. The second-order valence-electron chi connectivity index (χ2n) is 7.48. The number of fused-ring (bicyclic) bond motifs is 1. The molecule has 3 rings (SSSR count). The molecule has 1 heterocycles. The summed E-state index contributed by atoms with van der Waals surface area (Å²) in [6.45, 7) is 6.25. The van der Waals surface area contributed by atoms with Gasteiger partial charge in [-0.3, -0.25) is 0 Å². The molecule has 8 nitrogen and oxygen atoms in total. The van der Waals surface area contributed by atoms with Crippen LogP contribution in [0.15, 0.2) is 42.7 Å². The number of nitrogens with one attached hydrogen (secondary N) is 1. The summed E-state index contributed by atoms with van der Waals surface area (Å²) in [5.41, 5.74) is 2.61. The summed E-state index contributed by atoms with van der Waals surface area (Å²) in [6.07, 6.45) is 0.0348. The van der Waals surface area contributed by atoms with Gasteiger partial charge >= 0.3 is 6.16 Å². The number of hydrogen-bond donors (Lipinski definition) is 3. The molecule has 1 aromatic heterocycles. The van der Waals surface area contributed by atoms with Gasteiger partial charge in [0.1, 0.15) is 25.4 Å². The van der Waals surface area contributed by atoms with Gasteiger partial charge in [0, 0.05) is 17.1 Å². The van der Waals surface area contributed by atoms with Crippen LogP contribution in [0.25, 0.3) is 10.9 Å². The first-order chi connectivity index (χ1) is 13.7. The molecule has 0 aliphatic rings. The molecule has 0 bridgehead atoms. The summed E-state index contributed by atoms with van der Waals surface area (Å²) in [4.78, 5) is 18.9. The Kier molecular flexibility index (Phi) is 5.72. The first kappa shape index (κ1) is 20.2. The molecular formula is C21H23N3O5. The third-order valence-corrected chi connectivity index (χ3v) is 4.27. The number of aromatic hydroxyl groups is 1. The summed E-state index contributed by atoms with van der Waals surface area (Å²) < 4.78 is 9.85. The number of ether oxygens (including phenoxy) is 2. The number of carboxylic acid groups (broad SMARTS) is 1. The SMILES string of the molecule is CC(C)(C)c1cccc(Nc2ncnc3cc(O)c(OCCOC(=O)O)cc23)c1. The van der Waals surface area contributed by atoms with Gasteiger partial charge in [-0.1, -0.05) is 32.9 Å². The minimum absolute atomic E-state index is 0.0102. The van der Waals surface area contributed by atoms with E-state index in [1.54, 1.807) is 6.07 Å². The average molecular weight is 397 g/mol. The number of phenols is 1. The summed E-state index contributed by atoms with van der Waals surface area (Å²) in [6, 6.07) is 11.2. The minimum Gasteiger partial charge on any atom is -0.504 e. The van der Waals surface area contributed by atoms with Gasteiger partial charge in [0.15, 0.2) is 11.5 Å². The number of benzene rings is 2. The number of aromatic nitrogens is 2. The van der Waals surface area contributed by atoms with Crippen LogP contribution in [0, 0.1) is 0 Å². The van der Waals surface area contributed by atoms with Crippen LogP contribution in [0.4, 0.5) is 16.3 Å². The first-order valence-corrected chi connectivity index (χ1v) is 9.08. The Balaban J connectivity index is 1.88. The van der Waals surface area contributed by atoms with E-state index in [1.165, 1.54) is 18.0 Å². The van der Waals surface area contributed by atoms with Crippen molar-refractivity contribution in [3.63, 3.8) is 0 Å². The lowest BCUT2D eigenvalue weighted by atomic mass is 9.87. The van der Waals surface area contributed by atoms with Crippen molar-refractivity contribution in [1.29, 1.82) is 0 Å². The van der Waals surface area contributed by atoms with E-state index in [1.807, 2.05) is 12.1 Å². The Morgan fingerprint density at radius 1 is 1.14 bits per heavy atom. The Morgan fingerprint density at radius 3 is 2.66 bits per heavy atom. The van der Waals surface area contributed by atoms with E-state index < -0.39 is 6.16 Å². The van der Waals surface area contributed by atoms with Crippen LogP contribution in [0.1, 0.15) is 26.3 Å². The van der Waals surface area contributed by atoms with Crippen molar-refractivity contribution in [2.24, 2.45) is 0 Å². The minimum atomic E-state index is -1.38. The lowest BCUT2D eigenvalue weighted by Crippen LogP contribution is -2.11. The van der Waals surface area contributed by atoms with Crippen molar-refractivity contribution >= 4 is 28.6 Å². The van der Waals surface area contributed by atoms with Crippen LogP contribution in [-0.2, 0) is 10.2 Å². The van der Waals surface area contributed by atoms with Crippen molar-refractivity contribution in [3.05, 3.63) is 48.3 Å². The van der Waals surface area contributed by atoms with Gasteiger partial charge in [0.25, 0.3) is 0 Å². The predicted molar refractivity (Wildman–Crippen MR) is 109 cm³/mol. The van der Waals surface area contributed by atoms with Gasteiger partial charge < -0.3 is 25.0 Å². The smallest absolute Gasteiger partial charge is 0.504 e. The first-order valence-electron chi connectivity index (χ1n) is 9.08. The zero-order valence-corrected chi connectivity index (χ0v) is 16.5. The number of carbonyl (C=O) groups is 1. The van der Waals surface area contributed by atoms with E-state index in [2.05, 4.69) is 52.9 Å². The Bertz CT molecular complexity index is 1030. The molecule has 0 saturated carbocycles. The average Bonchev–Trinajstić information content (AvgIpc) is 2.65. The summed E-state index contributed by atoms with van der Waals surface area (Å²) in [5.74, 6) is 0.646. The molecule has 0 aliphatic heterocycles.